The minimum Gasteiger partial charge on any atom is -0.368 e. The van der Waals surface area contributed by atoms with E-state index >= 15 is 0 Å². The van der Waals surface area contributed by atoms with Gasteiger partial charge < -0.3 is 10.6 Å². The SMILES string of the molecule is NC(=O)[C@@H]1Cc2ccccc2CN1C(=O)Cc1cccc(F)c1. The monoisotopic (exact) mass is 312 g/mol. The average Bonchev–Trinajstić information content (AvgIpc) is 2.53. The molecule has 23 heavy (non-hydrogen) atoms. The highest BCUT2D eigenvalue weighted by molar-refractivity contribution is 5.88. The summed E-state index contributed by atoms with van der Waals surface area (Å²) in [6.45, 7) is 0.345. The molecule has 1 atom stereocenters. The fourth-order valence-corrected chi connectivity index (χ4v) is 2.96. The number of fused-ring (bicyclic) bond motifs is 1. The summed E-state index contributed by atoms with van der Waals surface area (Å²) < 4.78 is 13.3. The molecule has 1 aliphatic heterocycles. The van der Waals surface area contributed by atoms with Crippen LogP contribution in [0.3, 0.4) is 0 Å². The summed E-state index contributed by atoms with van der Waals surface area (Å²) in [6, 6.07) is 12.9. The van der Waals surface area contributed by atoms with E-state index in [0.29, 0.717) is 18.5 Å². The fourth-order valence-electron chi connectivity index (χ4n) is 2.96. The second kappa shape index (κ2) is 6.20. The standard InChI is InChI=1S/C18H17FN2O2/c19-15-7-3-4-12(8-15)9-17(22)21-11-14-6-2-1-5-13(14)10-16(21)18(20)23/h1-8,16H,9-11H2,(H2,20,23)/t16-/m0/s1. The number of carbonyl (C=O) groups is 2. The zero-order valence-corrected chi connectivity index (χ0v) is 12.5. The van der Waals surface area contributed by atoms with Crippen molar-refractivity contribution in [2.24, 2.45) is 5.73 Å². The van der Waals surface area contributed by atoms with Gasteiger partial charge in [0.15, 0.2) is 0 Å². The van der Waals surface area contributed by atoms with Crippen LogP contribution >= 0.6 is 0 Å². The smallest absolute Gasteiger partial charge is 0.240 e. The quantitative estimate of drug-likeness (QED) is 0.939. The lowest BCUT2D eigenvalue weighted by Gasteiger charge is -2.35. The molecule has 0 aliphatic carbocycles. The van der Waals surface area contributed by atoms with E-state index in [4.69, 9.17) is 5.73 Å². The number of carbonyl (C=O) groups excluding carboxylic acids is 2. The topological polar surface area (TPSA) is 63.4 Å². The largest absolute Gasteiger partial charge is 0.368 e. The molecule has 3 rings (SSSR count). The van der Waals surface area contributed by atoms with Crippen molar-refractivity contribution in [1.29, 1.82) is 0 Å². The molecule has 4 nitrogen and oxygen atoms in total. The van der Waals surface area contributed by atoms with Crippen molar-refractivity contribution in [1.82, 2.24) is 4.90 Å². The molecule has 2 aromatic carbocycles. The van der Waals surface area contributed by atoms with Crippen molar-refractivity contribution in [3.05, 3.63) is 71.0 Å². The van der Waals surface area contributed by atoms with Crippen LogP contribution in [0.15, 0.2) is 48.5 Å². The van der Waals surface area contributed by atoms with E-state index < -0.39 is 11.9 Å². The minimum absolute atomic E-state index is 0.0453. The number of halogens is 1. The van der Waals surface area contributed by atoms with E-state index in [1.807, 2.05) is 24.3 Å². The zero-order chi connectivity index (χ0) is 16.4. The maximum absolute atomic E-state index is 13.3. The predicted molar refractivity (Wildman–Crippen MR) is 83.8 cm³/mol. The Morgan fingerprint density at radius 2 is 1.87 bits per heavy atom. The number of amides is 2. The lowest BCUT2D eigenvalue weighted by atomic mass is 9.93. The van der Waals surface area contributed by atoms with Gasteiger partial charge in [-0.1, -0.05) is 36.4 Å². The second-order valence-electron chi connectivity index (χ2n) is 5.72. The number of nitrogens with zero attached hydrogens (tertiary/aromatic N) is 1. The van der Waals surface area contributed by atoms with Crippen molar-refractivity contribution in [2.75, 3.05) is 0 Å². The third-order valence-corrected chi connectivity index (χ3v) is 4.14. The van der Waals surface area contributed by atoms with Gasteiger partial charge in [-0.2, -0.15) is 0 Å². The summed E-state index contributed by atoms with van der Waals surface area (Å²) in [5.41, 5.74) is 8.10. The van der Waals surface area contributed by atoms with E-state index in [9.17, 15) is 14.0 Å². The number of nitrogens with two attached hydrogens (primary N) is 1. The highest BCUT2D eigenvalue weighted by atomic mass is 19.1. The maximum atomic E-state index is 13.3. The van der Waals surface area contributed by atoms with Gasteiger partial charge in [0.2, 0.25) is 11.8 Å². The van der Waals surface area contributed by atoms with Crippen LogP contribution in [0.25, 0.3) is 0 Å². The number of primary amides is 1. The van der Waals surface area contributed by atoms with Gasteiger partial charge in [0.25, 0.3) is 0 Å². The van der Waals surface area contributed by atoms with Crippen LogP contribution < -0.4 is 5.73 Å². The van der Waals surface area contributed by atoms with Crippen LogP contribution in [0, 0.1) is 5.82 Å². The molecular weight excluding hydrogens is 295 g/mol. The Hall–Kier alpha value is -2.69. The first-order valence-electron chi connectivity index (χ1n) is 7.44. The van der Waals surface area contributed by atoms with Crippen LogP contribution in [0.1, 0.15) is 16.7 Å². The normalized spacial score (nSPS) is 16.7. The Kier molecular flexibility index (Phi) is 4.10. The Bertz CT molecular complexity index is 760. The van der Waals surface area contributed by atoms with E-state index in [0.717, 1.165) is 11.1 Å². The Balaban J connectivity index is 1.84. The lowest BCUT2D eigenvalue weighted by molar-refractivity contribution is -0.140. The van der Waals surface area contributed by atoms with E-state index in [1.54, 1.807) is 12.1 Å². The van der Waals surface area contributed by atoms with Gasteiger partial charge >= 0.3 is 0 Å². The van der Waals surface area contributed by atoms with Crippen LogP contribution in [-0.4, -0.2) is 22.8 Å². The number of hydrogen-bond donors (Lipinski definition) is 1. The summed E-state index contributed by atoms with van der Waals surface area (Å²) in [7, 11) is 0. The summed E-state index contributed by atoms with van der Waals surface area (Å²) in [5.74, 6) is -1.13. The van der Waals surface area contributed by atoms with Crippen LogP contribution in [0.4, 0.5) is 4.39 Å². The number of rotatable bonds is 3. The Morgan fingerprint density at radius 3 is 2.57 bits per heavy atom. The van der Waals surface area contributed by atoms with Gasteiger partial charge in [-0.3, -0.25) is 9.59 Å². The predicted octanol–water partition coefficient (Wildman–Crippen LogP) is 1.81. The zero-order valence-electron chi connectivity index (χ0n) is 12.5. The first-order valence-corrected chi connectivity index (χ1v) is 7.44. The molecule has 0 aromatic heterocycles. The summed E-state index contributed by atoms with van der Waals surface area (Å²) in [5, 5.41) is 0. The average molecular weight is 312 g/mol. The molecule has 2 aromatic rings. The third kappa shape index (κ3) is 3.23. The van der Waals surface area contributed by atoms with E-state index in [-0.39, 0.29) is 18.1 Å². The van der Waals surface area contributed by atoms with Gasteiger partial charge in [0, 0.05) is 13.0 Å². The number of hydrogen-bond acceptors (Lipinski definition) is 2. The molecule has 5 heteroatoms. The highest BCUT2D eigenvalue weighted by Gasteiger charge is 2.33. The van der Waals surface area contributed by atoms with Crippen molar-refractivity contribution in [3.8, 4) is 0 Å². The van der Waals surface area contributed by atoms with Gasteiger partial charge in [0.1, 0.15) is 11.9 Å². The van der Waals surface area contributed by atoms with Crippen molar-refractivity contribution < 1.29 is 14.0 Å². The molecule has 1 aliphatic rings. The van der Waals surface area contributed by atoms with Crippen molar-refractivity contribution in [3.63, 3.8) is 0 Å². The molecule has 2 N–H and O–H groups in total. The summed E-state index contributed by atoms with van der Waals surface area (Å²) in [6.07, 6.45) is 0.462. The molecule has 1 heterocycles. The number of benzene rings is 2. The summed E-state index contributed by atoms with van der Waals surface area (Å²) >= 11 is 0. The first kappa shape index (κ1) is 15.2. The van der Waals surface area contributed by atoms with Crippen LogP contribution in [0.2, 0.25) is 0 Å². The molecular formula is C18H17FN2O2. The Labute approximate surface area is 133 Å². The molecule has 0 fully saturated rings. The van der Waals surface area contributed by atoms with Gasteiger partial charge in [0.05, 0.1) is 6.42 Å². The van der Waals surface area contributed by atoms with Crippen molar-refractivity contribution in [2.45, 2.75) is 25.4 Å². The molecule has 0 radical (unpaired) electrons. The molecule has 0 bridgehead atoms. The fraction of sp³-hybridized carbons (Fsp3) is 0.222. The molecule has 0 saturated heterocycles. The van der Waals surface area contributed by atoms with E-state index in [1.165, 1.54) is 17.0 Å². The second-order valence-corrected chi connectivity index (χ2v) is 5.72. The minimum atomic E-state index is -0.661. The first-order chi connectivity index (χ1) is 11.0. The lowest BCUT2D eigenvalue weighted by Crippen LogP contribution is -2.51. The molecule has 2 amide bonds. The van der Waals surface area contributed by atoms with Gasteiger partial charge in [-0.25, -0.2) is 4.39 Å². The molecule has 0 saturated carbocycles. The molecule has 0 unspecified atom stereocenters. The van der Waals surface area contributed by atoms with E-state index in [2.05, 4.69) is 0 Å². The van der Waals surface area contributed by atoms with Crippen molar-refractivity contribution >= 4 is 11.8 Å². The molecule has 118 valence electrons. The van der Waals surface area contributed by atoms with Crippen LogP contribution in [-0.2, 0) is 29.0 Å². The van der Waals surface area contributed by atoms with Gasteiger partial charge in [-0.05, 0) is 28.8 Å². The van der Waals surface area contributed by atoms with Gasteiger partial charge in [-0.15, -0.1) is 0 Å². The highest BCUT2D eigenvalue weighted by Crippen LogP contribution is 2.24. The Morgan fingerprint density at radius 1 is 1.13 bits per heavy atom. The van der Waals surface area contributed by atoms with Crippen LogP contribution in [0.5, 0.6) is 0 Å². The maximum Gasteiger partial charge on any atom is 0.240 e. The third-order valence-electron chi connectivity index (χ3n) is 4.14. The molecule has 0 spiro atoms. The summed E-state index contributed by atoms with van der Waals surface area (Å²) in [4.78, 5) is 25.8.